The molecule has 0 spiro atoms. The minimum atomic E-state index is -0.719. The van der Waals surface area contributed by atoms with Gasteiger partial charge in [0.25, 0.3) is 0 Å². The summed E-state index contributed by atoms with van der Waals surface area (Å²) in [5.74, 6) is -0.272. The molecule has 0 aliphatic rings. The lowest BCUT2D eigenvalue weighted by Crippen LogP contribution is -2.36. The normalized spacial score (nSPS) is 10.0. The summed E-state index contributed by atoms with van der Waals surface area (Å²) in [6.45, 7) is 1.89. The molecular formula is C5H8N4O2. The minimum Gasteiger partial charge on any atom is -0.450 e. The molecule has 0 aliphatic carbocycles. The van der Waals surface area contributed by atoms with Gasteiger partial charge in [0, 0.05) is 0 Å². The van der Waals surface area contributed by atoms with E-state index in [0.29, 0.717) is 0 Å². The molecule has 6 nitrogen and oxygen atoms in total. The van der Waals surface area contributed by atoms with Gasteiger partial charge in [-0.25, -0.2) is 4.79 Å². The number of rotatable bonds is 1. The average molecular weight is 156 g/mol. The Bertz CT molecular complexity index is 205. The molecule has 0 rings (SSSR count). The van der Waals surface area contributed by atoms with Crippen LogP contribution in [-0.2, 0) is 4.74 Å². The number of carbonyl (C=O) groups excluding carboxylic acids is 1. The van der Waals surface area contributed by atoms with Crippen molar-refractivity contribution in [3.05, 3.63) is 0 Å². The van der Waals surface area contributed by atoms with E-state index < -0.39 is 6.09 Å². The minimum absolute atomic E-state index is 0.242. The number of nitrogens with zero attached hydrogens (tertiary/aromatic N) is 2. The molecule has 0 saturated heterocycles. The Labute approximate surface area is 63.7 Å². The molecule has 11 heavy (non-hydrogen) atoms. The van der Waals surface area contributed by atoms with Crippen molar-refractivity contribution < 1.29 is 9.53 Å². The maximum Gasteiger partial charge on any atom is 0.413 e. The van der Waals surface area contributed by atoms with Gasteiger partial charge in [-0.2, -0.15) is 5.26 Å². The molecule has 6 heteroatoms. The van der Waals surface area contributed by atoms with Gasteiger partial charge in [-0.15, -0.1) is 4.99 Å². The van der Waals surface area contributed by atoms with Crippen LogP contribution in [0.4, 0.5) is 4.79 Å². The van der Waals surface area contributed by atoms with Crippen LogP contribution < -0.4 is 11.1 Å². The van der Waals surface area contributed by atoms with Gasteiger partial charge in [0.05, 0.1) is 6.61 Å². The molecule has 3 N–H and O–H groups in total. The van der Waals surface area contributed by atoms with Crippen molar-refractivity contribution in [1.82, 2.24) is 5.32 Å². The molecule has 0 saturated carbocycles. The second-order valence-electron chi connectivity index (χ2n) is 1.44. The van der Waals surface area contributed by atoms with E-state index in [1.807, 2.05) is 5.32 Å². The van der Waals surface area contributed by atoms with Gasteiger partial charge in [0.15, 0.2) is 0 Å². The highest BCUT2D eigenvalue weighted by Gasteiger charge is 2.00. The Hall–Kier alpha value is -1.77. The zero-order valence-electron chi connectivity index (χ0n) is 6.00. The van der Waals surface area contributed by atoms with Crippen LogP contribution >= 0.6 is 0 Å². The van der Waals surface area contributed by atoms with Crippen LogP contribution in [0, 0.1) is 11.5 Å². The fraction of sp³-hybridized carbons (Fsp3) is 0.400. The van der Waals surface area contributed by atoms with Gasteiger partial charge in [-0.3, -0.25) is 5.32 Å². The van der Waals surface area contributed by atoms with Crippen molar-refractivity contribution in [3.8, 4) is 6.19 Å². The Kier molecular flexibility index (Phi) is 4.24. The second kappa shape index (κ2) is 5.05. The Balaban J connectivity index is 3.77. The molecule has 60 valence electrons. The molecule has 1 amide bonds. The molecule has 0 bridgehead atoms. The van der Waals surface area contributed by atoms with E-state index in [4.69, 9.17) is 11.0 Å². The highest BCUT2D eigenvalue weighted by atomic mass is 16.5. The van der Waals surface area contributed by atoms with Crippen molar-refractivity contribution in [2.24, 2.45) is 10.7 Å². The summed E-state index contributed by atoms with van der Waals surface area (Å²) >= 11 is 0. The zero-order valence-corrected chi connectivity index (χ0v) is 6.00. The summed E-state index contributed by atoms with van der Waals surface area (Å²) < 4.78 is 4.44. The summed E-state index contributed by atoms with van der Waals surface area (Å²) in [6, 6.07) is 0. The summed E-state index contributed by atoms with van der Waals surface area (Å²) in [4.78, 5) is 13.6. The standard InChI is InChI=1S/C5H8N4O2/c1-2-11-5(10)9-4(7)8-3-6/h2H2,1H3,(H3,7,8,9,10). The molecule has 0 aromatic heterocycles. The third kappa shape index (κ3) is 4.72. The number of aliphatic imine (C=N–C) groups is 1. The molecule has 0 atom stereocenters. The molecule has 0 radical (unpaired) electrons. The van der Waals surface area contributed by atoms with Crippen molar-refractivity contribution >= 4 is 12.1 Å². The highest BCUT2D eigenvalue weighted by Crippen LogP contribution is 1.74. The second-order valence-corrected chi connectivity index (χ2v) is 1.44. The van der Waals surface area contributed by atoms with Gasteiger partial charge < -0.3 is 10.5 Å². The third-order valence-electron chi connectivity index (χ3n) is 0.676. The van der Waals surface area contributed by atoms with Crippen LogP contribution in [0.5, 0.6) is 0 Å². The van der Waals surface area contributed by atoms with Gasteiger partial charge in [0.1, 0.15) is 0 Å². The van der Waals surface area contributed by atoms with Crippen molar-refractivity contribution in [3.63, 3.8) is 0 Å². The zero-order chi connectivity index (χ0) is 8.69. The number of nitrogens with one attached hydrogen (secondary N) is 1. The Morgan fingerprint density at radius 1 is 1.91 bits per heavy atom. The number of hydrogen-bond donors (Lipinski definition) is 2. The van der Waals surface area contributed by atoms with Crippen LogP contribution in [0.3, 0.4) is 0 Å². The first kappa shape index (κ1) is 9.23. The van der Waals surface area contributed by atoms with E-state index >= 15 is 0 Å². The predicted octanol–water partition coefficient (Wildman–Crippen LogP) is -0.472. The third-order valence-corrected chi connectivity index (χ3v) is 0.676. The van der Waals surface area contributed by atoms with Gasteiger partial charge in [-0.1, -0.05) is 0 Å². The first-order valence-electron chi connectivity index (χ1n) is 2.86. The maximum absolute atomic E-state index is 10.5. The van der Waals surface area contributed by atoms with Crippen LogP contribution in [0.25, 0.3) is 0 Å². The fourth-order valence-corrected chi connectivity index (χ4v) is 0.354. The number of amides is 1. The number of alkyl carbamates (subject to hydrolysis) is 1. The van der Waals surface area contributed by atoms with Crippen molar-refractivity contribution in [1.29, 1.82) is 5.26 Å². The van der Waals surface area contributed by atoms with E-state index in [2.05, 4.69) is 9.73 Å². The summed E-state index contributed by atoms with van der Waals surface area (Å²) in [5.41, 5.74) is 5.03. The maximum atomic E-state index is 10.5. The number of nitriles is 1. The fourth-order valence-electron chi connectivity index (χ4n) is 0.354. The van der Waals surface area contributed by atoms with E-state index in [1.54, 1.807) is 6.92 Å². The van der Waals surface area contributed by atoms with E-state index in [1.165, 1.54) is 6.19 Å². The summed E-state index contributed by atoms with van der Waals surface area (Å²) in [5, 5.41) is 10.00. The number of nitrogens with two attached hydrogens (primary N) is 1. The van der Waals surface area contributed by atoms with E-state index in [9.17, 15) is 4.79 Å². The first-order chi connectivity index (χ1) is 5.20. The van der Waals surface area contributed by atoms with Crippen LogP contribution in [-0.4, -0.2) is 18.7 Å². The lowest BCUT2D eigenvalue weighted by Gasteiger charge is -2.00. The molecule has 0 unspecified atom stereocenters. The largest absolute Gasteiger partial charge is 0.450 e. The average Bonchev–Trinajstić information content (AvgIpc) is 1.87. The molecule has 0 aromatic carbocycles. The van der Waals surface area contributed by atoms with E-state index in [-0.39, 0.29) is 12.6 Å². The van der Waals surface area contributed by atoms with Crippen molar-refractivity contribution in [2.45, 2.75) is 6.92 Å². The number of ether oxygens (including phenoxy) is 1. The van der Waals surface area contributed by atoms with Gasteiger partial charge in [-0.05, 0) is 6.92 Å². The summed E-state index contributed by atoms with van der Waals surface area (Å²) in [7, 11) is 0. The van der Waals surface area contributed by atoms with E-state index in [0.717, 1.165) is 0 Å². The van der Waals surface area contributed by atoms with Gasteiger partial charge in [0.2, 0.25) is 12.2 Å². The molecule has 0 fully saturated rings. The predicted molar refractivity (Wildman–Crippen MR) is 37.4 cm³/mol. The van der Waals surface area contributed by atoms with Crippen LogP contribution in [0.15, 0.2) is 4.99 Å². The lowest BCUT2D eigenvalue weighted by atomic mass is 10.8. The quantitative estimate of drug-likeness (QED) is 0.304. The van der Waals surface area contributed by atoms with Crippen LogP contribution in [0.2, 0.25) is 0 Å². The topological polar surface area (TPSA) is 100 Å². The highest BCUT2D eigenvalue weighted by molar-refractivity contribution is 5.93. The number of guanidine groups is 1. The van der Waals surface area contributed by atoms with Crippen molar-refractivity contribution in [2.75, 3.05) is 6.61 Å². The number of hydrogen-bond acceptors (Lipinski definition) is 4. The summed E-state index contributed by atoms with van der Waals surface area (Å²) in [6.07, 6.45) is 0.689. The Morgan fingerprint density at radius 3 is 3.00 bits per heavy atom. The Morgan fingerprint density at radius 2 is 2.55 bits per heavy atom. The molecule has 0 aliphatic heterocycles. The first-order valence-corrected chi connectivity index (χ1v) is 2.86. The smallest absolute Gasteiger partial charge is 0.413 e. The van der Waals surface area contributed by atoms with Crippen LogP contribution in [0.1, 0.15) is 6.92 Å². The SMILES string of the molecule is CCOC(=O)NC(N)=NC#N. The number of carbonyl (C=O) groups is 1. The molecular weight excluding hydrogens is 148 g/mol. The lowest BCUT2D eigenvalue weighted by molar-refractivity contribution is 0.157. The molecule has 0 heterocycles. The van der Waals surface area contributed by atoms with Gasteiger partial charge >= 0.3 is 6.09 Å². The monoisotopic (exact) mass is 156 g/mol. The molecule has 0 aromatic rings.